The number of pyridine rings is 1. The maximum absolute atomic E-state index is 5.65. The molecule has 0 fully saturated rings. The van der Waals surface area contributed by atoms with Gasteiger partial charge in [0.25, 0.3) is 0 Å². The van der Waals surface area contributed by atoms with Crippen molar-refractivity contribution in [2.24, 2.45) is 4.99 Å². The van der Waals surface area contributed by atoms with Gasteiger partial charge < -0.3 is 4.90 Å². The molecule has 0 spiro atoms. The summed E-state index contributed by atoms with van der Waals surface area (Å²) in [5.41, 5.74) is 0. The fourth-order valence-electron chi connectivity index (χ4n) is 0.619. The number of aromatic nitrogens is 1. The van der Waals surface area contributed by atoms with Crippen molar-refractivity contribution >= 4 is 23.8 Å². The topological polar surface area (TPSA) is 28.5 Å². The quantitative estimate of drug-likeness (QED) is 0.518. The van der Waals surface area contributed by atoms with E-state index >= 15 is 0 Å². The Morgan fingerprint density at radius 2 is 2.25 bits per heavy atom. The first-order chi connectivity index (χ1) is 5.68. The van der Waals surface area contributed by atoms with Gasteiger partial charge in [-0.1, -0.05) is 11.6 Å². The van der Waals surface area contributed by atoms with E-state index in [2.05, 4.69) is 9.98 Å². The molecule has 0 saturated carbocycles. The first kappa shape index (κ1) is 9.00. The van der Waals surface area contributed by atoms with Crippen molar-refractivity contribution in [3.05, 3.63) is 23.4 Å². The van der Waals surface area contributed by atoms with Gasteiger partial charge in [0.15, 0.2) is 5.82 Å². The van der Waals surface area contributed by atoms with Gasteiger partial charge in [0, 0.05) is 20.3 Å². The molecule has 1 aromatic heterocycles. The second kappa shape index (κ2) is 4.07. The van der Waals surface area contributed by atoms with E-state index in [1.54, 1.807) is 24.7 Å². The van der Waals surface area contributed by atoms with Crippen LogP contribution in [-0.4, -0.2) is 30.3 Å². The fourth-order valence-corrected chi connectivity index (χ4v) is 0.731. The number of aliphatic imine (C=N–C) groups is 1. The molecule has 0 N–H and O–H groups in total. The van der Waals surface area contributed by atoms with Gasteiger partial charge in [-0.2, -0.15) is 0 Å². The SMILES string of the molecule is CN(C)C=Nc1ccc(Cl)cn1. The van der Waals surface area contributed by atoms with E-state index in [0.29, 0.717) is 10.8 Å². The summed E-state index contributed by atoms with van der Waals surface area (Å²) in [5.74, 6) is 0.660. The maximum atomic E-state index is 5.65. The van der Waals surface area contributed by atoms with E-state index in [1.165, 1.54) is 0 Å². The molecule has 0 aliphatic heterocycles. The van der Waals surface area contributed by atoms with Gasteiger partial charge >= 0.3 is 0 Å². The highest BCUT2D eigenvalue weighted by molar-refractivity contribution is 6.30. The van der Waals surface area contributed by atoms with Crippen LogP contribution < -0.4 is 0 Å². The summed E-state index contributed by atoms with van der Waals surface area (Å²) in [4.78, 5) is 9.92. The molecule has 0 atom stereocenters. The molecule has 64 valence electrons. The minimum Gasteiger partial charge on any atom is -0.369 e. The highest BCUT2D eigenvalue weighted by Gasteiger charge is 1.89. The summed E-state index contributed by atoms with van der Waals surface area (Å²) in [6.07, 6.45) is 3.26. The molecule has 4 heteroatoms. The number of hydrogen-bond donors (Lipinski definition) is 0. The molecule has 1 rings (SSSR count). The van der Waals surface area contributed by atoms with Crippen molar-refractivity contribution in [1.29, 1.82) is 0 Å². The van der Waals surface area contributed by atoms with Crippen LogP contribution in [-0.2, 0) is 0 Å². The molecule has 3 nitrogen and oxygen atoms in total. The lowest BCUT2D eigenvalue weighted by atomic mass is 10.5. The zero-order chi connectivity index (χ0) is 8.97. The van der Waals surface area contributed by atoms with Gasteiger partial charge in [-0.3, -0.25) is 0 Å². The van der Waals surface area contributed by atoms with E-state index in [0.717, 1.165) is 0 Å². The van der Waals surface area contributed by atoms with Crippen molar-refractivity contribution < 1.29 is 0 Å². The van der Waals surface area contributed by atoms with E-state index in [9.17, 15) is 0 Å². The average molecular weight is 184 g/mol. The molecular weight excluding hydrogens is 174 g/mol. The van der Waals surface area contributed by atoms with Crippen LogP contribution in [0.15, 0.2) is 23.3 Å². The summed E-state index contributed by atoms with van der Waals surface area (Å²) in [7, 11) is 3.80. The number of nitrogens with zero attached hydrogens (tertiary/aromatic N) is 3. The van der Waals surface area contributed by atoms with Crippen LogP contribution in [0.4, 0.5) is 5.82 Å². The molecule has 1 heterocycles. The highest BCUT2D eigenvalue weighted by atomic mass is 35.5. The zero-order valence-electron chi connectivity index (χ0n) is 7.03. The summed E-state index contributed by atoms with van der Waals surface area (Å²) in [5, 5.41) is 0.624. The molecular formula is C8H10ClN3. The number of halogens is 1. The van der Waals surface area contributed by atoms with E-state index in [1.807, 2.05) is 19.0 Å². The smallest absolute Gasteiger partial charge is 0.153 e. The lowest BCUT2D eigenvalue weighted by Gasteiger charge is -2.01. The Morgan fingerprint density at radius 1 is 1.50 bits per heavy atom. The summed E-state index contributed by atoms with van der Waals surface area (Å²) < 4.78 is 0. The zero-order valence-corrected chi connectivity index (χ0v) is 7.78. The lowest BCUT2D eigenvalue weighted by molar-refractivity contribution is 0.643. The Morgan fingerprint density at radius 3 is 2.75 bits per heavy atom. The van der Waals surface area contributed by atoms with Gasteiger partial charge in [-0.15, -0.1) is 0 Å². The van der Waals surface area contributed by atoms with Gasteiger partial charge in [-0.25, -0.2) is 9.98 Å². The monoisotopic (exact) mass is 183 g/mol. The highest BCUT2D eigenvalue weighted by Crippen LogP contribution is 2.11. The predicted molar refractivity (Wildman–Crippen MR) is 51.1 cm³/mol. The van der Waals surface area contributed by atoms with Gasteiger partial charge in [0.1, 0.15) is 0 Å². The van der Waals surface area contributed by atoms with Crippen molar-refractivity contribution in [3.63, 3.8) is 0 Å². The lowest BCUT2D eigenvalue weighted by Crippen LogP contribution is -2.07. The minimum atomic E-state index is 0.624. The first-order valence-electron chi connectivity index (χ1n) is 3.50. The second-order valence-corrected chi connectivity index (χ2v) is 2.98. The third-order valence-electron chi connectivity index (χ3n) is 1.13. The molecule has 1 aromatic rings. The van der Waals surface area contributed by atoms with Crippen molar-refractivity contribution in [1.82, 2.24) is 9.88 Å². The summed E-state index contributed by atoms with van der Waals surface area (Å²) >= 11 is 5.65. The molecule has 0 saturated heterocycles. The molecule has 0 amide bonds. The molecule has 0 aliphatic rings. The van der Waals surface area contributed by atoms with Gasteiger partial charge in [-0.05, 0) is 12.1 Å². The Balaban J connectivity index is 2.71. The summed E-state index contributed by atoms with van der Waals surface area (Å²) in [6.45, 7) is 0. The first-order valence-corrected chi connectivity index (χ1v) is 3.88. The Kier molecular flexibility index (Phi) is 3.05. The fraction of sp³-hybridized carbons (Fsp3) is 0.250. The Hall–Kier alpha value is -1.09. The van der Waals surface area contributed by atoms with Gasteiger partial charge in [0.05, 0.1) is 11.4 Å². The van der Waals surface area contributed by atoms with Crippen molar-refractivity contribution in [3.8, 4) is 0 Å². The van der Waals surface area contributed by atoms with Crippen LogP contribution in [0.3, 0.4) is 0 Å². The molecule has 0 radical (unpaired) electrons. The normalized spacial score (nSPS) is 10.6. The average Bonchev–Trinajstić information content (AvgIpc) is 2.03. The molecule has 0 unspecified atom stereocenters. The van der Waals surface area contributed by atoms with E-state index < -0.39 is 0 Å². The van der Waals surface area contributed by atoms with E-state index in [4.69, 9.17) is 11.6 Å². The Bertz CT molecular complexity index is 266. The second-order valence-electron chi connectivity index (χ2n) is 2.54. The van der Waals surface area contributed by atoms with Crippen LogP contribution in [0.25, 0.3) is 0 Å². The number of rotatable bonds is 2. The van der Waals surface area contributed by atoms with Crippen molar-refractivity contribution in [2.75, 3.05) is 14.1 Å². The van der Waals surface area contributed by atoms with Crippen LogP contribution >= 0.6 is 11.6 Å². The molecule has 12 heavy (non-hydrogen) atoms. The maximum Gasteiger partial charge on any atom is 0.153 e. The largest absolute Gasteiger partial charge is 0.369 e. The van der Waals surface area contributed by atoms with Crippen LogP contribution in [0.2, 0.25) is 5.02 Å². The Labute approximate surface area is 76.7 Å². The summed E-state index contributed by atoms with van der Waals surface area (Å²) in [6, 6.07) is 3.53. The third kappa shape index (κ3) is 2.88. The molecule has 0 bridgehead atoms. The standard InChI is InChI=1S/C8H10ClN3/c1-12(2)6-11-8-4-3-7(9)5-10-8/h3-6H,1-2H3. The van der Waals surface area contributed by atoms with Crippen LogP contribution in [0.1, 0.15) is 0 Å². The molecule has 0 aromatic carbocycles. The predicted octanol–water partition coefficient (Wildman–Crippen LogP) is 1.96. The minimum absolute atomic E-state index is 0.624. The van der Waals surface area contributed by atoms with Gasteiger partial charge in [0.2, 0.25) is 0 Å². The van der Waals surface area contributed by atoms with Crippen LogP contribution in [0.5, 0.6) is 0 Å². The van der Waals surface area contributed by atoms with Crippen LogP contribution in [0, 0.1) is 0 Å². The van der Waals surface area contributed by atoms with E-state index in [-0.39, 0.29) is 0 Å². The van der Waals surface area contributed by atoms with Crippen molar-refractivity contribution in [2.45, 2.75) is 0 Å². The third-order valence-corrected chi connectivity index (χ3v) is 1.36. The number of hydrogen-bond acceptors (Lipinski definition) is 2. The molecule has 0 aliphatic carbocycles.